The molecule has 1 aromatic carbocycles. The zero-order valence-corrected chi connectivity index (χ0v) is 14.1. The highest BCUT2D eigenvalue weighted by molar-refractivity contribution is 9.10. The SMILES string of the molecule is CN1CCC(NC(=O)c2c(F)cccc2Br)(C(N)=S)CC1. The van der Waals surface area contributed by atoms with Gasteiger partial charge in [0.05, 0.1) is 16.1 Å². The lowest BCUT2D eigenvalue weighted by Crippen LogP contribution is -2.61. The number of nitrogens with two attached hydrogens (primary N) is 1. The van der Waals surface area contributed by atoms with Crippen molar-refractivity contribution in [2.24, 2.45) is 5.73 Å². The molecule has 7 heteroatoms. The van der Waals surface area contributed by atoms with E-state index in [1.54, 1.807) is 6.07 Å². The van der Waals surface area contributed by atoms with Crippen LogP contribution in [0.3, 0.4) is 0 Å². The van der Waals surface area contributed by atoms with Gasteiger partial charge in [0.25, 0.3) is 5.91 Å². The average Bonchev–Trinajstić information content (AvgIpc) is 2.41. The van der Waals surface area contributed by atoms with Gasteiger partial charge in [-0.1, -0.05) is 18.3 Å². The molecule has 0 spiro atoms. The van der Waals surface area contributed by atoms with Gasteiger partial charge in [0, 0.05) is 17.6 Å². The minimum atomic E-state index is -0.749. The number of likely N-dealkylation sites (tertiary alicyclic amines) is 1. The van der Waals surface area contributed by atoms with Crippen molar-refractivity contribution in [1.29, 1.82) is 0 Å². The molecule has 21 heavy (non-hydrogen) atoms. The second kappa shape index (κ2) is 6.37. The first-order valence-corrected chi connectivity index (χ1v) is 7.81. The van der Waals surface area contributed by atoms with Crippen molar-refractivity contribution in [3.63, 3.8) is 0 Å². The Balaban J connectivity index is 2.26. The molecular weight excluding hydrogens is 357 g/mol. The normalized spacial score (nSPS) is 18.2. The molecule has 2 rings (SSSR count). The molecule has 0 atom stereocenters. The summed E-state index contributed by atoms with van der Waals surface area (Å²) in [6, 6.07) is 4.41. The first kappa shape index (κ1) is 16.3. The predicted molar refractivity (Wildman–Crippen MR) is 87.8 cm³/mol. The fourth-order valence-electron chi connectivity index (χ4n) is 2.43. The molecule has 1 saturated heterocycles. The van der Waals surface area contributed by atoms with Gasteiger partial charge in [0.1, 0.15) is 5.82 Å². The lowest BCUT2D eigenvalue weighted by molar-refractivity contribution is 0.0885. The number of nitrogens with one attached hydrogen (secondary N) is 1. The number of thiocarbonyl (C=S) groups is 1. The van der Waals surface area contributed by atoms with Gasteiger partial charge in [0.2, 0.25) is 0 Å². The Bertz CT molecular complexity index is 553. The van der Waals surface area contributed by atoms with Gasteiger partial charge in [-0.2, -0.15) is 0 Å². The summed E-state index contributed by atoms with van der Waals surface area (Å²) in [7, 11) is 2.00. The van der Waals surface area contributed by atoms with E-state index in [0.29, 0.717) is 17.3 Å². The van der Waals surface area contributed by atoms with E-state index >= 15 is 0 Å². The van der Waals surface area contributed by atoms with Crippen molar-refractivity contribution in [2.45, 2.75) is 18.4 Å². The summed E-state index contributed by atoms with van der Waals surface area (Å²) in [4.78, 5) is 14.8. The molecule has 1 amide bonds. The van der Waals surface area contributed by atoms with E-state index in [2.05, 4.69) is 26.1 Å². The monoisotopic (exact) mass is 373 g/mol. The van der Waals surface area contributed by atoms with E-state index in [4.69, 9.17) is 18.0 Å². The van der Waals surface area contributed by atoms with E-state index in [1.807, 2.05) is 7.05 Å². The third kappa shape index (κ3) is 3.41. The molecule has 0 bridgehead atoms. The molecular formula is C14H17BrFN3OS. The Hall–Kier alpha value is -1.05. The maximum Gasteiger partial charge on any atom is 0.256 e. The number of hydrogen-bond acceptors (Lipinski definition) is 3. The molecule has 114 valence electrons. The van der Waals surface area contributed by atoms with Gasteiger partial charge in [-0.15, -0.1) is 0 Å². The van der Waals surface area contributed by atoms with E-state index < -0.39 is 17.3 Å². The van der Waals surface area contributed by atoms with Crippen LogP contribution in [0.5, 0.6) is 0 Å². The summed E-state index contributed by atoms with van der Waals surface area (Å²) in [5.74, 6) is -1.08. The molecule has 0 unspecified atom stereocenters. The van der Waals surface area contributed by atoms with Crippen LogP contribution in [0.2, 0.25) is 0 Å². The minimum Gasteiger partial charge on any atom is -0.391 e. The number of benzene rings is 1. The van der Waals surface area contributed by atoms with Gasteiger partial charge >= 0.3 is 0 Å². The van der Waals surface area contributed by atoms with E-state index in [0.717, 1.165) is 13.1 Å². The van der Waals surface area contributed by atoms with Gasteiger partial charge < -0.3 is 16.0 Å². The molecule has 0 aliphatic carbocycles. The van der Waals surface area contributed by atoms with Crippen LogP contribution >= 0.6 is 28.1 Å². The predicted octanol–water partition coefficient (Wildman–Crippen LogP) is 2.07. The number of piperidine rings is 1. The fraction of sp³-hybridized carbons (Fsp3) is 0.429. The van der Waals surface area contributed by atoms with Crippen LogP contribution in [0.15, 0.2) is 22.7 Å². The van der Waals surface area contributed by atoms with Crippen molar-refractivity contribution in [1.82, 2.24) is 10.2 Å². The van der Waals surface area contributed by atoms with Crippen molar-refractivity contribution in [3.8, 4) is 0 Å². The number of carbonyl (C=O) groups is 1. The van der Waals surface area contributed by atoms with Gasteiger partial charge in [-0.05, 0) is 48.0 Å². The third-order valence-electron chi connectivity index (χ3n) is 3.85. The maximum absolute atomic E-state index is 13.9. The largest absolute Gasteiger partial charge is 0.391 e. The van der Waals surface area contributed by atoms with Crippen molar-refractivity contribution >= 4 is 39.0 Å². The maximum atomic E-state index is 13.9. The molecule has 0 aromatic heterocycles. The minimum absolute atomic E-state index is 0.0212. The van der Waals surface area contributed by atoms with Gasteiger partial charge in [-0.25, -0.2) is 4.39 Å². The third-order valence-corrected chi connectivity index (χ3v) is 4.91. The first-order valence-electron chi connectivity index (χ1n) is 6.61. The summed E-state index contributed by atoms with van der Waals surface area (Å²) in [5.41, 5.74) is 5.07. The second-order valence-corrected chi connectivity index (χ2v) is 6.59. The Morgan fingerprint density at radius 3 is 2.62 bits per heavy atom. The van der Waals surface area contributed by atoms with Crippen LogP contribution in [0.1, 0.15) is 23.2 Å². The number of nitrogens with zero attached hydrogens (tertiary/aromatic N) is 1. The highest BCUT2D eigenvalue weighted by Gasteiger charge is 2.38. The standard InChI is InChI=1S/C14H17BrFN3OS/c1-19-7-5-14(6-8-19,13(17)21)18-12(20)11-9(15)3-2-4-10(11)16/h2-4H,5-8H2,1H3,(H2,17,21)(H,18,20). The van der Waals surface area contributed by atoms with Crippen molar-refractivity contribution in [3.05, 3.63) is 34.1 Å². The fourth-order valence-corrected chi connectivity index (χ4v) is 3.21. The smallest absolute Gasteiger partial charge is 0.256 e. The summed E-state index contributed by atoms with van der Waals surface area (Å²) >= 11 is 8.34. The van der Waals surface area contributed by atoms with Crippen LogP contribution in [-0.4, -0.2) is 41.5 Å². The number of carbonyl (C=O) groups excluding carboxylic acids is 1. The van der Waals surface area contributed by atoms with Crippen molar-refractivity contribution < 1.29 is 9.18 Å². The summed E-state index contributed by atoms with van der Waals surface area (Å²) in [5, 5.41) is 2.85. The Labute approximate surface area is 137 Å². The van der Waals surface area contributed by atoms with Gasteiger partial charge in [0.15, 0.2) is 0 Å². The number of rotatable bonds is 3. The number of hydrogen-bond donors (Lipinski definition) is 2. The van der Waals surface area contributed by atoms with Crippen LogP contribution < -0.4 is 11.1 Å². The lowest BCUT2D eigenvalue weighted by atomic mass is 9.87. The van der Waals surface area contributed by atoms with E-state index in [1.165, 1.54) is 12.1 Å². The Morgan fingerprint density at radius 2 is 2.10 bits per heavy atom. The zero-order valence-electron chi connectivity index (χ0n) is 11.7. The summed E-state index contributed by atoms with van der Waals surface area (Å²) in [6.07, 6.45) is 1.24. The lowest BCUT2D eigenvalue weighted by Gasteiger charge is -2.40. The van der Waals surface area contributed by atoms with Crippen LogP contribution in [-0.2, 0) is 0 Å². The van der Waals surface area contributed by atoms with E-state index in [-0.39, 0.29) is 10.6 Å². The highest BCUT2D eigenvalue weighted by Crippen LogP contribution is 2.25. The van der Waals surface area contributed by atoms with Crippen LogP contribution in [0, 0.1) is 5.82 Å². The number of amides is 1. The Morgan fingerprint density at radius 1 is 1.48 bits per heavy atom. The Kier molecular flexibility index (Phi) is 4.95. The van der Waals surface area contributed by atoms with Crippen molar-refractivity contribution in [2.75, 3.05) is 20.1 Å². The molecule has 1 fully saturated rings. The van der Waals surface area contributed by atoms with Crippen LogP contribution in [0.25, 0.3) is 0 Å². The summed E-state index contributed by atoms with van der Waals surface area (Å²) in [6.45, 7) is 1.55. The van der Waals surface area contributed by atoms with Gasteiger partial charge in [-0.3, -0.25) is 4.79 Å². The molecule has 1 heterocycles. The quantitative estimate of drug-likeness (QED) is 0.796. The molecule has 1 aliphatic rings. The van der Waals surface area contributed by atoms with Crippen LogP contribution in [0.4, 0.5) is 4.39 Å². The molecule has 1 aromatic rings. The molecule has 0 radical (unpaired) electrons. The second-order valence-electron chi connectivity index (χ2n) is 5.30. The topological polar surface area (TPSA) is 58.4 Å². The highest BCUT2D eigenvalue weighted by atomic mass is 79.9. The first-order chi connectivity index (χ1) is 9.85. The molecule has 3 N–H and O–H groups in total. The zero-order chi connectivity index (χ0) is 15.6. The summed E-state index contributed by atoms with van der Waals surface area (Å²) < 4.78 is 14.3. The molecule has 4 nitrogen and oxygen atoms in total. The molecule has 0 saturated carbocycles. The molecule has 1 aliphatic heterocycles. The number of halogens is 2. The average molecular weight is 374 g/mol. The van der Waals surface area contributed by atoms with E-state index in [9.17, 15) is 9.18 Å².